The maximum atomic E-state index is 12.3. The third-order valence-electron chi connectivity index (χ3n) is 2.73. The lowest BCUT2D eigenvalue weighted by Crippen LogP contribution is -2.40. The summed E-state index contributed by atoms with van der Waals surface area (Å²) in [5.74, 6) is -0.0574. The molecule has 0 saturated carbocycles. The highest BCUT2D eigenvalue weighted by Crippen LogP contribution is 2.28. The molecular formula is C11H11BrClNO3S. The Morgan fingerprint density at radius 1 is 1.33 bits per heavy atom. The molecule has 0 aromatic heterocycles. The first kappa shape index (κ1) is 14.0. The van der Waals surface area contributed by atoms with E-state index in [1.807, 2.05) is 0 Å². The Morgan fingerprint density at radius 3 is 2.67 bits per heavy atom. The van der Waals surface area contributed by atoms with Gasteiger partial charge >= 0.3 is 0 Å². The summed E-state index contributed by atoms with van der Waals surface area (Å²) in [7, 11) is -3.68. The number of carbonyl (C=O) groups excluding carboxylic acids is 1. The number of hydrogen-bond acceptors (Lipinski definition) is 3. The van der Waals surface area contributed by atoms with Crippen molar-refractivity contribution in [3.8, 4) is 0 Å². The van der Waals surface area contributed by atoms with E-state index in [9.17, 15) is 13.2 Å². The number of hydrogen-bond donors (Lipinski definition) is 0. The van der Waals surface area contributed by atoms with Crippen molar-refractivity contribution < 1.29 is 13.2 Å². The molecule has 0 unspecified atom stereocenters. The van der Waals surface area contributed by atoms with Gasteiger partial charge in [0.05, 0.1) is 11.6 Å². The second kappa shape index (κ2) is 5.28. The molecule has 1 aliphatic heterocycles. The number of Topliss-reactive ketones (excluding diaryl/α,β-unsaturated/α-hetero) is 1. The van der Waals surface area contributed by atoms with E-state index in [2.05, 4.69) is 15.9 Å². The van der Waals surface area contributed by atoms with Crippen LogP contribution >= 0.6 is 27.5 Å². The van der Waals surface area contributed by atoms with Gasteiger partial charge in [0.2, 0.25) is 10.0 Å². The van der Waals surface area contributed by atoms with Gasteiger partial charge in [0.25, 0.3) is 0 Å². The topological polar surface area (TPSA) is 54.5 Å². The largest absolute Gasteiger partial charge is 0.298 e. The first-order valence-electron chi connectivity index (χ1n) is 5.38. The highest BCUT2D eigenvalue weighted by atomic mass is 79.9. The maximum Gasteiger partial charge on any atom is 0.244 e. The van der Waals surface area contributed by atoms with Gasteiger partial charge in [-0.25, -0.2) is 8.42 Å². The third-order valence-corrected chi connectivity index (χ3v) is 5.55. The minimum Gasteiger partial charge on any atom is -0.298 e. The second-order valence-electron chi connectivity index (χ2n) is 4.06. The fourth-order valence-electron chi connectivity index (χ4n) is 1.84. The lowest BCUT2D eigenvalue weighted by Gasteiger charge is -2.25. The number of nitrogens with zero attached hydrogens (tertiary/aromatic N) is 1. The average molecular weight is 353 g/mol. The van der Waals surface area contributed by atoms with E-state index in [4.69, 9.17) is 11.6 Å². The normalized spacial score (nSPS) is 18.0. The second-order valence-corrected chi connectivity index (χ2v) is 7.28. The first-order chi connectivity index (χ1) is 8.41. The lowest BCUT2D eigenvalue weighted by molar-refractivity contribution is -0.120. The number of ketones is 1. The minimum atomic E-state index is -3.68. The molecule has 4 nitrogen and oxygen atoms in total. The van der Waals surface area contributed by atoms with Crippen molar-refractivity contribution in [1.82, 2.24) is 4.31 Å². The predicted molar refractivity (Wildman–Crippen MR) is 72.2 cm³/mol. The van der Waals surface area contributed by atoms with E-state index in [-0.39, 0.29) is 22.2 Å². The Bertz CT molecular complexity index is 588. The molecule has 0 amide bonds. The number of carbonyl (C=O) groups is 1. The molecule has 1 aliphatic rings. The van der Waals surface area contributed by atoms with E-state index >= 15 is 0 Å². The van der Waals surface area contributed by atoms with Crippen molar-refractivity contribution in [2.75, 3.05) is 13.1 Å². The number of benzene rings is 1. The molecule has 18 heavy (non-hydrogen) atoms. The van der Waals surface area contributed by atoms with Crippen LogP contribution < -0.4 is 0 Å². The fraction of sp³-hybridized carbons (Fsp3) is 0.364. The molecule has 2 rings (SSSR count). The molecule has 0 aliphatic carbocycles. The van der Waals surface area contributed by atoms with Crippen LogP contribution in [0.2, 0.25) is 5.02 Å². The smallest absolute Gasteiger partial charge is 0.244 e. The molecule has 1 heterocycles. The maximum absolute atomic E-state index is 12.3. The Kier molecular flexibility index (Phi) is 4.11. The van der Waals surface area contributed by atoms with Crippen LogP contribution in [-0.2, 0) is 14.8 Å². The van der Waals surface area contributed by atoms with Gasteiger partial charge in [-0.2, -0.15) is 4.31 Å². The van der Waals surface area contributed by atoms with Crippen molar-refractivity contribution in [2.24, 2.45) is 0 Å². The van der Waals surface area contributed by atoms with Gasteiger partial charge in [-0.3, -0.25) is 4.79 Å². The molecule has 1 aromatic rings. The number of halogens is 2. The van der Waals surface area contributed by atoms with Crippen LogP contribution in [-0.4, -0.2) is 31.6 Å². The number of sulfonamides is 1. The van der Waals surface area contributed by atoms with E-state index < -0.39 is 10.0 Å². The fourth-order valence-corrected chi connectivity index (χ4v) is 4.31. The van der Waals surface area contributed by atoms with E-state index in [0.717, 1.165) is 0 Å². The van der Waals surface area contributed by atoms with Crippen molar-refractivity contribution in [1.29, 1.82) is 0 Å². The molecule has 0 spiro atoms. The van der Waals surface area contributed by atoms with Crippen LogP contribution in [0.3, 0.4) is 0 Å². The van der Waals surface area contributed by atoms with E-state index in [1.165, 1.54) is 16.4 Å². The van der Waals surface area contributed by atoms with E-state index in [0.29, 0.717) is 23.9 Å². The van der Waals surface area contributed by atoms with Gasteiger partial charge in [-0.15, -0.1) is 0 Å². The van der Waals surface area contributed by atoms with Gasteiger partial charge in [0, 0.05) is 17.4 Å². The molecule has 1 saturated heterocycles. The van der Waals surface area contributed by atoms with Crippen molar-refractivity contribution >= 4 is 43.3 Å². The molecule has 98 valence electrons. The van der Waals surface area contributed by atoms with Gasteiger partial charge < -0.3 is 0 Å². The first-order valence-corrected chi connectivity index (χ1v) is 7.99. The summed E-state index contributed by atoms with van der Waals surface area (Å²) in [6.45, 7) is 0.301. The average Bonchev–Trinajstić information content (AvgIpc) is 2.28. The van der Waals surface area contributed by atoms with Crippen LogP contribution in [0.25, 0.3) is 0 Å². The Balaban J connectivity index is 2.38. The van der Waals surface area contributed by atoms with Crippen molar-refractivity contribution in [3.05, 3.63) is 27.7 Å². The molecule has 0 N–H and O–H groups in total. The van der Waals surface area contributed by atoms with Crippen LogP contribution in [0.5, 0.6) is 0 Å². The zero-order valence-electron chi connectivity index (χ0n) is 9.40. The van der Waals surface area contributed by atoms with Gasteiger partial charge in [-0.1, -0.05) is 27.5 Å². The molecule has 0 radical (unpaired) electrons. The minimum absolute atomic E-state index is 0.0436. The molecule has 0 bridgehead atoms. The molecule has 7 heteroatoms. The number of piperidine rings is 1. The quantitative estimate of drug-likeness (QED) is 0.821. The van der Waals surface area contributed by atoms with Crippen molar-refractivity contribution in [2.45, 2.75) is 17.7 Å². The highest BCUT2D eigenvalue weighted by molar-refractivity contribution is 9.10. The summed E-state index contributed by atoms with van der Waals surface area (Å²) < 4.78 is 26.6. The molecule has 1 fully saturated rings. The standard InChI is InChI=1S/C11H11BrClNO3S/c12-8-3-4-11(10(13)6-8)18(16,17)14-5-1-2-9(15)7-14/h3-4,6H,1-2,5,7H2. The van der Waals surface area contributed by atoms with Crippen molar-refractivity contribution in [3.63, 3.8) is 0 Å². The molecule has 1 aromatic carbocycles. The summed E-state index contributed by atoms with van der Waals surface area (Å²) in [5, 5.41) is 0.155. The summed E-state index contributed by atoms with van der Waals surface area (Å²) in [6.07, 6.45) is 1.01. The summed E-state index contributed by atoms with van der Waals surface area (Å²) in [6, 6.07) is 4.59. The van der Waals surface area contributed by atoms with Crippen LogP contribution in [0.1, 0.15) is 12.8 Å². The summed E-state index contributed by atoms with van der Waals surface area (Å²) >= 11 is 9.17. The SMILES string of the molecule is O=C1CCCN(S(=O)(=O)c2ccc(Br)cc2Cl)C1. The predicted octanol–water partition coefficient (Wildman–Crippen LogP) is 2.46. The third kappa shape index (κ3) is 2.77. The van der Waals surface area contributed by atoms with Crippen LogP contribution in [0.15, 0.2) is 27.6 Å². The van der Waals surface area contributed by atoms with Crippen LogP contribution in [0.4, 0.5) is 0 Å². The lowest BCUT2D eigenvalue weighted by atomic mass is 10.1. The van der Waals surface area contributed by atoms with Crippen LogP contribution in [0, 0.1) is 0 Å². The Morgan fingerprint density at radius 2 is 2.06 bits per heavy atom. The zero-order valence-corrected chi connectivity index (χ0v) is 12.6. The van der Waals surface area contributed by atoms with Gasteiger partial charge in [-0.05, 0) is 24.6 Å². The highest BCUT2D eigenvalue weighted by Gasteiger charge is 2.30. The zero-order chi connectivity index (χ0) is 13.3. The number of rotatable bonds is 2. The summed E-state index contributed by atoms with van der Waals surface area (Å²) in [5.41, 5.74) is 0. The Labute approximate surface area is 119 Å². The van der Waals surface area contributed by atoms with E-state index in [1.54, 1.807) is 6.07 Å². The summed E-state index contributed by atoms with van der Waals surface area (Å²) in [4.78, 5) is 11.4. The van der Waals surface area contributed by atoms with Gasteiger partial charge in [0.15, 0.2) is 0 Å². The molecule has 0 atom stereocenters. The Hall–Kier alpha value is -0.430. The molecular weight excluding hydrogens is 342 g/mol. The monoisotopic (exact) mass is 351 g/mol. The van der Waals surface area contributed by atoms with Gasteiger partial charge in [0.1, 0.15) is 10.7 Å².